The lowest BCUT2D eigenvalue weighted by Crippen LogP contribution is -2.46. The molecule has 0 bridgehead atoms. The maximum absolute atomic E-state index is 9.52. The van der Waals surface area contributed by atoms with Crippen LogP contribution in [0.2, 0.25) is 0 Å². The van der Waals surface area contributed by atoms with Crippen LogP contribution in [0.5, 0.6) is 0 Å². The largest absolute Gasteiger partial charge is 0.394 e. The zero-order chi connectivity index (χ0) is 13.7. The quantitative estimate of drug-likeness (QED) is 0.539. The second kappa shape index (κ2) is 7.26. The van der Waals surface area contributed by atoms with Crippen molar-refractivity contribution < 1.29 is 5.11 Å². The summed E-state index contributed by atoms with van der Waals surface area (Å²) < 4.78 is 2.07. The van der Waals surface area contributed by atoms with Crippen LogP contribution >= 0.6 is 34.9 Å². The van der Waals surface area contributed by atoms with Gasteiger partial charge in [-0.2, -0.15) is 0 Å². The number of aliphatic hydroxyl groups is 1. The van der Waals surface area contributed by atoms with Crippen LogP contribution in [-0.4, -0.2) is 45.5 Å². The molecule has 19 heavy (non-hydrogen) atoms. The smallest absolute Gasteiger partial charge is 0.175 e. The predicted octanol–water partition coefficient (Wildman–Crippen LogP) is 2.64. The van der Waals surface area contributed by atoms with Crippen molar-refractivity contribution in [2.45, 2.75) is 52.9 Å². The van der Waals surface area contributed by atoms with Crippen LogP contribution in [0.3, 0.4) is 0 Å². The van der Waals surface area contributed by atoms with Gasteiger partial charge in [0, 0.05) is 17.3 Å². The fraction of sp³-hybridized carbons (Fsp3) is 0.833. The Bertz CT molecular complexity index is 397. The Labute approximate surface area is 127 Å². The minimum Gasteiger partial charge on any atom is -0.394 e. The Morgan fingerprint density at radius 1 is 1.42 bits per heavy atom. The maximum Gasteiger partial charge on any atom is 0.175 e. The molecule has 108 valence electrons. The van der Waals surface area contributed by atoms with E-state index in [9.17, 15) is 5.11 Å². The Morgan fingerprint density at radius 3 is 2.74 bits per heavy atom. The summed E-state index contributed by atoms with van der Waals surface area (Å²) in [6.07, 6.45) is 6.61. The molecule has 1 aromatic heterocycles. The molecule has 0 saturated heterocycles. The van der Waals surface area contributed by atoms with Crippen molar-refractivity contribution in [3.8, 4) is 0 Å². The highest BCUT2D eigenvalue weighted by atomic mass is 32.2. The van der Waals surface area contributed by atoms with E-state index in [0.717, 1.165) is 27.3 Å². The first-order chi connectivity index (χ1) is 9.15. The van der Waals surface area contributed by atoms with E-state index in [0.29, 0.717) is 6.04 Å². The zero-order valence-electron chi connectivity index (χ0n) is 11.4. The van der Waals surface area contributed by atoms with E-state index in [1.165, 1.54) is 12.8 Å². The Hall–Kier alpha value is 0.180. The minimum atomic E-state index is -0.118. The lowest BCUT2D eigenvalue weighted by molar-refractivity contribution is 0.163. The molecule has 1 unspecified atom stereocenters. The number of thioether (sulfide) groups is 2. The molecule has 7 heteroatoms. The molecule has 4 nitrogen and oxygen atoms in total. The van der Waals surface area contributed by atoms with Crippen molar-refractivity contribution in [3.05, 3.63) is 0 Å². The van der Waals surface area contributed by atoms with Gasteiger partial charge in [0.25, 0.3) is 0 Å². The van der Waals surface area contributed by atoms with Gasteiger partial charge in [-0.15, -0.1) is 10.2 Å². The van der Waals surface area contributed by atoms with Crippen LogP contribution in [0.25, 0.3) is 0 Å². The van der Waals surface area contributed by atoms with E-state index in [-0.39, 0.29) is 12.1 Å². The Kier molecular flexibility index (Phi) is 5.95. The average molecular weight is 320 g/mol. The molecule has 1 fully saturated rings. The highest BCUT2D eigenvalue weighted by molar-refractivity contribution is 8.02. The van der Waals surface area contributed by atoms with Gasteiger partial charge in [-0.1, -0.05) is 34.9 Å². The van der Waals surface area contributed by atoms with Crippen molar-refractivity contribution in [2.75, 3.05) is 18.6 Å². The zero-order valence-corrected chi connectivity index (χ0v) is 13.8. The first-order valence-corrected chi connectivity index (χ1v) is 9.57. The van der Waals surface area contributed by atoms with Crippen LogP contribution in [-0.2, 0) is 0 Å². The monoisotopic (exact) mass is 319 g/mol. The molecule has 2 N–H and O–H groups in total. The molecule has 0 amide bonds. The third-order valence-corrected chi connectivity index (χ3v) is 6.26. The van der Waals surface area contributed by atoms with Crippen molar-refractivity contribution in [3.63, 3.8) is 0 Å². The molecule has 1 saturated carbocycles. The predicted molar refractivity (Wildman–Crippen MR) is 83.3 cm³/mol. The highest BCUT2D eigenvalue weighted by Gasteiger charge is 2.31. The summed E-state index contributed by atoms with van der Waals surface area (Å²) in [7, 11) is 0. The topological polar surface area (TPSA) is 58.0 Å². The molecular formula is C12H21N3OS3. The maximum atomic E-state index is 9.52. The van der Waals surface area contributed by atoms with Gasteiger partial charge in [-0.05, 0) is 38.9 Å². The van der Waals surface area contributed by atoms with E-state index in [2.05, 4.69) is 22.4 Å². The van der Waals surface area contributed by atoms with Crippen LogP contribution in [0, 0.1) is 0 Å². The molecular weight excluding hydrogens is 298 g/mol. The standard InChI is InChI=1S/C12H21N3OS3/c1-12(8-16,13-9-4-5-9)6-3-7-18-11-15-14-10(17-2)19-11/h9,13,16H,3-8H2,1-2H3. The van der Waals surface area contributed by atoms with Crippen molar-refractivity contribution in [2.24, 2.45) is 0 Å². The van der Waals surface area contributed by atoms with Gasteiger partial charge < -0.3 is 10.4 Å². The number of hydrogen-bond donors (Lipinski definition) is 2. The molecule has 1 heterocycles. The average Bonchev–Trinajstić information content (AvgIpc) is 3.09. The minimum absolute atomic E-state index is 0.118. The molecule has 1 aliphatic carbocycles. The molecule has 2 rings (SSSR count). The number of nitrogens with zero attached hydrogens (tertiary/aromatic N) is 2. The Balaban J connectivity index is 1.67. The number of rotatable bonds is 9. The van der Waals surface area contributed by atoms with Crippen LogP contribution < -0.4 is 5.32 Å². The number of aromatic nitrogens is 2. The van der Waals surface area contributed by atoms with Gasteiger partial charge >= 0.3 is 0 Å². The lowest BCUT2D eigenvalue weighted by Gasteiger charge is -2.29. The first kappa shape index (κ1) is 15.6. The summed E-state index contributed by atoms with van der Waals surface area (Å²) in [5, 5.41) is 21.3. The number of hydrogen-bond acceptors (Lipinski definition) is 7. The van der Waals surface area contributed by atoms with Gasteiger partial charge in [0.2, 0.25) is 0 Å². The molecule has 0 aliphatic heterocycles. The van der Waals surface area contributed by atoms with Gasteiger partial charge in [0.1, 0.15) is 0 Å². The van der Waals surface area contributed by atoms with E-state index < -0.39 is 0 Å². The normalized spacial score (nSPS) is 18.5. The molecule has 1 atom stereocenters. The molecule has 1 aliphatic rings. The molecule has 0 spiro atoms. The van der Waals surface area contributed by atoms with E-state index in [1.807, 2.05) is 6.26 Å². The van der Waals surface area contributed by atoms with Crippen molar-refractivity contribution in [1.29, 1.82) is 0 Å². The van der Waals surface area contributed by atoms with Gasteiger partial charge in [0.15, 0.2) is 8.68 Å². The third kappa shape index (κ3) is 5.23. The van der Waals surface area contributed by atoms with Crippen molar-refractivity contribution >= 4 is 34.9 Å². The molecule has 1 aromatic rings. The van der Waals surface area contributed by atoms with Gasteiger partial charge in [0.05, 0.1) is 6.61 Å². The summed E-state index contributed by atoms with van der Waals surface area (Å²) in [4.78, 5) is 0. The lowest BCUT2D eigenvalue weighted by atomic mass is 9.97. The van der Waals surface area contributed by atoms with Crippen molar-refractivity contribution in [1.82, 2.24) is 15.5 Å². The number of nitrogens with one attached hydrogen (secondary N) is 1. The summed E-state index contributed by atoms with van der Waals surface area (Å²) in [5.41, 5.74) is -0.118. The van der Waals surface area contributed by atoms with Crippen LogP contribution in [0.1, 0.15) is 32.6 Å². The van der Waals surface area contributed by atoms with Gasteiger partial charge in [-0.25, -0.2) is 0 Å². The SMILES string of the molecule is CSc1nnc(SCCCC(C)(CO)NC2CC2)s1. The van der Waals surface area contributed by atoms with E-state index >= 15 is 0 Å². The molecule has 0 radical (unpaired) electrons. The second-order valence-corrected chi connectivity index (χ2v) is 8.50. The summed E-state index contributed by atoms with van der Waals surface area (Å²) in [5.74, 6) is 1.03. The molecule has 0 aromatic carbocycles. The summed E-state index contributed by atoms with van der Waals surface area (Å²) in [6.45, 7) is 2.33. The van der Waals surface area contributed by atoms with E-state index in [1.54, 1.807) is 34.9 Å². The highest BCUT2D eigenvalue weighted by Crippen LogP contribution is 2.29. The second-order valence-electron chi connectivity index (χ2n) is 5.13. The van der Waals surface area contributed by atoms with Crippen LogP contribution in [0.15, 0.2) is 8.68 Å². The third-order valence-electron chi connectivity index (χ3n) is 3.14. The van der Waals surface area contributed by atoms with E-state index in [4.69, 9.17) is 0 Å². The number of aliphatic hydroxyl groups excluding tert-OH is 1. The summed E-state index contributed by atoms with van der Waals surface area (Å²) in [6, 6.07) is 0.636. The van der Waals surface area contributed by atoms with Gasteiger partial charge in [-0.3, -0.25) is 0 Å². The van der Waals surface area contributed by atoms with Crippen LogP contribution in [0.4, 0.5) is 0 Å². The fourth-order valence-electron chi connectivity index (χ4n) is 1.88. The Morgan fingerprint density at radius 2 is 2.16 bits per heavy atom. The summed E-state index contributed by atoms with van der Waals surface area (Å²) >= 11 is 5.06. The fourth-order valence-corrected chi connectivity index (χ4v) is 4.33. The first-order valence-electron chi connectivity index (χ1n) is 6.54.